The van der Waals surface area contributed by atoms with Crippen molar-refractivity contribution in [1.82, 2.24) is 10.2 Å². The molecule has 3 rings (SSSR count). The summed E-state index contributed by atoms with van der Waals surface area (Å²) in [7, 11) is 2.06. The third-order valence-corrected chi connectivity index (χ3v) is 6.55. The molecule has 1 aliphatic carbocycles. The highest BCUT2D eigenvalue weighted by atomic mass is 79.9. The molecule has 1 unspecified atom stereocenters. The molecule has 1 atom stereocenters. The molecule has 1 heterocycles. The Labute approximate surface area is 155 Å². The van der Waals surface area contributed by atoms with E-state index < -0.39 is 5.60 Å². The van der Waals surface area contributed by atoms with Gasteiger partial charge in [-0.15, -0.1) is 0 Å². The van der Waals surface area contributed by atoms with E-state index in [0.29, 0.717) is 6.04 Å². The molecule has 0 bridgehead atoms. The Balaban J connectivity index is 1.77. The lowest BCUT2D eigenvalue weighted by Gasteiger charge is -2.43. The SMILES string of the molecule is CNC1CCN(CC(c2cccc(Br)c2)C2(O)CCCCC2)CC1. The van der Waals surface area contributed by atoms with Gasteiger partial charge in [0.05, 0.1) is 5.60 Å². The summed E-state index contributed by atoms with van der Waals surface area (Å²) < 4.78 is 1.11. The van der Waals surface area contributed by atoms with Crippen LogP contribution in [0.1, 0.15) is 56.4 Å². The highest BCUT2D eigenvalue weighted by Crippen LogP contribution is 2.41. The molecule has 134 valence electrons. The van der Waals surface area contributed by atoms with E-state index in [4.69, 9.17) is 0 Å². The molecule has 0 radical (unpaired) electrons. The van der Waals surface area contributed by atoms with E-state index in [1.54, 1.807) is 0 Å². The number of piperidine rings is 1. The third-order valence-electron chi connectivity index (χ3n) is 6.06. The molecule has 1 aliphatic heterocycles. The number of nitrogens with zero attached hydrogens (tertiary/aromatic N) is 1. The lowest BCUT2D eigenvalue weighted by Crippen LogP contribution is -2.48. The minimum Gasteiger partial charge on any atom is -0.389 e. The van der Waals surface area contributed by atoms with Crippen molar-refractivity contribution in [3.05, 3.63) is 34.3 Å². The van der Waals surface area contributed by atoms with Crippen LogP contribution in [0.3, 0.4) is 0 Å². The average Bonchev–Trinajstić information content (AvgIpc) is 2.60. The summed E-state index contributed by atoms with van der Waals surface area (Å²) in [5.74, 6) is 0.210. The molecule has 2 fully saturated rings. The van der Waals surface area contributed by atoms with Crippen LogP contribution in [0, 0.1) is 0 Å². The highest BCUT2D eigenvalue weighted by Gasteiger charge is 2.39. The van der Waals surface area contributed by atoms with Crippen LogP contribution in [-0.4, -0.2) is 48.3 Å². The minimum atomic E-state index is -0.543. The van der Waals surface area contributed by atoms with Crippen molar-refractivity contribution in [1.29, 1.82) is 0 Å². The van der Waals surface area contributed by atoms with Gasteiger partial charge in [0, 0.05) is 23.0 Å². The molecule has 1 aromatic rings. The maximum absolute atomic E-state index is 11.4. The van der Waals surface area contributed by atoms with Crippen LogP contribution in [0.2, 0.25) is 0 Å². The van der Waals surface area contributed by atoms with Gasteiger partial charge in [0.2, 0.25) is 0 Å². The van der Waals surface area contributed by atoms with E-state index >= 15 is 0 Å². The van der Waals surface area contributed by atoms with E-state index in [1.165, 1.54) is 24.8 Å². The van der Waals surface area contributed by atoms with Gasteiger partial charge in [-0.2, -0.15) is 0 Å². The number of benzene rings is 1. The van der Waals surface area contributed by atoms with Gasteiger partial charge in [0.25, 0.3) is 0 Å². The molecule has 1 saturated heterocycles. The predicted molar refractivity (Wildman–Crippen MR) is 103 cm³/mol. The van der Waals surface area contributed by atoms with Crippen molar-refractivity contribution in [2.45, 2.75) is 62.5 Å². The van der Waals surface area contributed by atoms with Crippen molar-refractivity contribution in [2.24, 2.45) is 0 Å². The molecule has 0 spiro atoms. The first kappa shape index (κ1) is 18.4. The Morgan fingerprint density at radius 3 is 2.58 bits per heavy atom. The summed E-state index contributed by atoms with van der Waals surface area (Å²) >= 11 is 3.61. The first-order valence-corrected chi connectivity index (χ1v) is 10.3. The molecular weight excluding hydrogens is 364 g/mol. The molecule has 1 saturated carbocycles. The van der Waals surface area contributed by atoms with Crippen LogP contribution in [-0.2, 0) is 0 Å². The number of hydrogen-bond donors (Lipinski definition) is 2. The largest absolute Gasteiger partial charge is 0.389 e. The van der Waals surface area contributed by atoms with E-state index in [0.717, 1.165) is 49.8 Å². The summed E-state index contributed by atoms with van der Waals surface area (Å²) in [5, 5.41) is 14.9. The molecule has 2 N–H and O–H groups in total. The summed E-state index contributed by atoms with van der Waals surface area (Å²) in [6.45, 7) is 3.24. The maximum Gasteiger partial charge on any atom is 0.0728 e. The van der Waals surface area contributed by atoms with Gasteiger partial charge < -0.3 is 15.3 Å². The number of hydrogen-bond acceptors (Lipinski definition) is 3. The Morgan fingerprint density at radius 1 is 1.25 bits per heavy atom. The second-order valence-corrected chi connectivity index (χ2v) is 8.55. The number of rotatable bonds is 5. The van der Waals surface area contributed by atoms with Crippen molar-refractivity contribution in [3.8, 4) is 0 Å². The Kier molecular flexibility index (Phi) is 6.36. The Hall–Kier alpha value is -0.420. The molecule has 1 aromatic carbocycles. The van der Waals surface area contributed by atoms with Gasteiger partial charge in [-0.25, -0.2) is 0 Å². The minimum absolute atomic E-state index is 0.210. The first-order valence-electron chi connectivity index (χ1n) is 9.48. The maximum atomic E-state index is 11.4. The number of likely N-dealkylation sites (tertiary alicyclic amines) is 1. The summed E-state index contributed by atoms with van der Waals surface area (Å²) in [5.41, 5.74) is 0.739. The smallest absolute Gasteiger partial charge is 0.0728 e. The summed E-state index contributed by atoms with van der Waals surface area (Å²) in [6.07, 6.45) is 7.88. The fraction of sp³-hybridized carbons (Fsp3) is 0.700. The molecule has 2 aliphatic rings. The van der Waals surface area contributed by atoms with Crippen LogP contribution in [0.4, 0.5) is 0 Å². The van der Waals surface area contributed by atoms with E-state index in [1.807, 2.05) is 0 Å². The van der Waals surface area contributed by atoms with Crippen LogP contribution < -0.4 is 5.32 Å². The average molecular weight is 395 g/mol. The molecular formula is C20H31BrN2O. The first-order chi connectivity index (χ1) is 11.6. The molecule has 4 heteroatoms. The van der Waals surface area contributed by atoms with E-state index in [9.17, 15) is 5.11 Å². The zero-order valence-electron chi connectivity index (χ0n) is 14.8. The van der Waals surface area contributed by atoms with Crippen molar-refractivity contribution in [3.63, 3.8) is 0 Å². The number of aliphatic hydroxyl groups is 1. The van der Waals surface area contributed by atoms with Crippen LogP contribution >= 0.6 is 15.9 Å². The van der Waals surface area contributed by atoms with Gasteiger partial charge in [-0.3, -0.25) is 0 Å². The van der Waals surface area contributed by atoms with Crippen molar-refractivity contribution < 1.29 is 5.11 Å². The normalized spacial score (nSPS) is 24.0. The summed E-state index contributed by atoms with van der Waals surface area (Å²) in [4.78, 5) is 2.56. The fourth-order valence-electron chi connectivity index (χ4n) is 4.48. The number of nitrogens with one attached hydrogen (secondary N) is 1. The topological polar surface area (TPSA) is 35.5 Å². The predicted octanol–water partition coefficient (Wildman–Crippen LogP) is 3.91. The number of halogens is 1. The third kappa shape index (κ3) is 4.40. The fourth-order valence-corrected chi connectivity index (χ4v) is 4.90. The van der Waals surface area contributed by atoms with Crippen LogP contribution in [0.5, 0.6) is 0 Å². The lowest BCUT2D eigenvalue weighted by molar-refractivity contribution is -0.0326. The Bertz CT molecular complexity index is 522. The zero-order valence-corrected chi connectivity index (χ0v) is 16.4. The van der Waals surface area contributed by atoms with Gasteiger partial charge >= 0.3 is 0 Å². The van der Waals surface area contributed by atoms with Crippen LogP contribution in [0.15, 0.2) is 28.7 Å². The monoisotopic (exact) mass is 394 g/mol. The van der Waals surface area contributed by atoms with Gasteiger partial charge in [0.1, 0.15) is 0 Å². The van der Waals surface area contributed by atoms with Crippen molar-refractivity contribution >= 4 is 15.9 Å². The molecule has 24 heavy (non-hydrogen) atoms. The second kappa shape index (κ2) is 8.31. The molecule has 0 amide bonds. The standard InChI is InChI=1S/C20H31BrN2O/c1-22-18-8-12-23(13-9-18)15-19(16-6-5-7-17(21)14-16)20(24)10-3-2-4-11-20/h5-7,14,18-19,22,24H,2-4,8-13,15H2,1H3. The Morgan fingerprint density at radius 2 is 1.96 bits per heavy atom. The molecule has 0 aromatic heterocycles. The highest BCUT2D eigenvalue weighted by molar-refractivity contribution is 9.10. The van der Waals surface area contributed by atoms with Crippen molar-refractivity contribution in [2.75, 3.05) is 26.7 Å². The van der Waals surface area contributed by atoms with Gasteiger partial charge in [-0.1, -0.05) is 47.3 Å². The molecule has 3 nitrogen and oxygen atoms in total. The quantitative estimate of drug-likeness (QED) is 0.794. The van der Waals surface area contributed by atoms with E-state index in [-0.39, 0.29) is 5.92 Å². The van der Waals surface area contributed by atoms with Gasteiger partial charge in [0.15, 0.2) is 0 Å². The zero-order chi connectivity index (χ0) is 17.0. The van der Waals surface area contributed by atoms with Gasteiger partial charge in [-0.05, 0) is 63.5 Å². The lowest BCUT2D eigenvalue weighted by atomic mass is 9.72. The van der Waals surface area contributed by atoms with Crippen LogP contribution in [0.25, 0.3) is 0 Å². The second-order valence-electron chi connectivity index (χ2n) is 7.64. The van der Waals surface area contributed by atoms with E-state index in [2.05, 4.69) is 57.5 Å². The summed E-state index contributed by atoms with van der Waals surface area (Å²) in [6, 6.07) is 9.23.